The second kappa shape index (κ2) is 4.18. The Morgan fingerprint density at radius 3 is 2.50 bits per heavy atom. The van der Waals surface area contributed by atoms with E-state index in [-0.39, 0.29) is 5.56 Å². The lowest BCUT2D eigenvalue weighted by Gasteiger charge is -2.13. The molecule has 0 saturated heterocycles. The molecule has 0 fully saturated rings. The van der Waals surface area contributed by atoms with Gasteiger partial charge in [-0.1, -0.05) is 0 Å². The normalized spacial score (nSPS) is 15.1. The summed E-state index contributed by atoms with van der Waals surface area (Å²) in [6, 6.07) is 0.863. The minimum absolute atomic E-state index is 0.282. The number of rotatable bonds is 3. The molecule has 78 valence electrons. The molecule has 0 radical (unpaired) electrons. The molecule has 1 heterocycles. The van der Waals surface area contributed by atoms with Crippen LogP contribution >= 0.6 is 0 Å². The van der Waals surface area contributed by atoms with Crippen LogP contribution in [0.25, 0.3) is 0 Å². The number of H-pyrrole nitrogens is 2. The Labute approximate surface area is 77.6 Å². The summed E-state index contributed by atoms with van der Waals surface area (Å²) in [4.78, 5) is 21.8. The lowest BCUT2D eigenvalue weighted by atomic mass is 10.1. The van der Waals surface area contributed by atoms with Gasteiger partial charge in [-0.2, -0.15) is 0 Å². The maximum Gasteiger partial charge on any atom is 0.268 e. The van der Waals surface area contributed by atoms with Gasteiger partial charge < -0.3 is 15.3 Å². The summed E-state index contributed by atoms with van der Waals surface area (Å²) in [7, 11) is 0. The van der Waals surface area contributed by atoms with Crippen molar-refractivity contribution < 1.29 is 15.3 Å². The van der Waals surface area contributed by atoms with Gasteiger partial charge in [0, 0.05) is 6.07 Å². The van der Waals surface area contributed by atoms with Crippen LogP contribution in [0.4, 0.5) is 0 Å². The van der Waals surface area contributed by atoms with E-state index in [1.807, 2.05) is 10.2 Å². The van der Waals surface area contributed by atoms with Crippen molar-refractivity contribution in [2.45, 2.75) is 12.2 Å². The van der Waals surface area contributed by atoms with Crippen molar-refractivity contribution in [1.29, 1.82) is 0 Å². The van der Waals surface area contributed by atoms with E-state index in [0.717, 1.165) is 6.07 Å². The van der Waals surface area contributed by atoms with Gasteiger partial charge in [-0.25, -0.2) is 0 Å². The maximum absolute atomic E-state index is 11.1. The quantitative estimate of drug-likeness (QED) is 0.369. The Morgan fingerprint density at radius 1 is 1.29 bits per heavy atom. The highest BCUT2D eigenvalue weighted by Gasteiger charge is 2.20. The lowest BCUT2D eigenvalue weighted by Crippen LogP contribution is -2.30. The topological polar surface area (TPSA) is 126 Å². The molecule has 0 bridgehead atoms. The van der Waals surface area contributed by atoms with Crippen LogP contribution in [-0.2, 0) is 0 Å². The molecule has 0 spiro atoms. The van der Waals surface area contributed by atoms with E-state index in [9.17, 15) is 14.7 Å². The molecule has 1 aromatic rings. The number of aromatic nitrogens is 2. The summed E-state index contributed by atoms with van der Waals surface area (Å²) < 4.78 is 0. The SMILES string of the molecule is O=c1cc(C(O)C(O)CO)c(=O)[nH][nH]1. The van der Waals surface area contributed by atoms with Crippen molar-refractivity contribution in [2.75, 3.05) is 6.61 Å². The number of nitrogens with one attached hydrogen (secondary N) is 2. The summed E-state index contributed by atoms with van der Waals surface area (Å²) in [5.41, 5.74) is -1.61. The maximum atomic E-state index is 11.1. The van der Waals surface area contributed by atoms with E-state index in [1.54, 1.807) is 0 Å². The Bertz CT molecular complexity index is 409. The van der Waals surface area contributed by atoms with E-state index >= 15 is 0 Å². The zero-order valence-corrected chi connectivity index (χ0v) is 7.10. The van der Waals surface area contributed by atoms with Gasteiger partial charge in [0.05, 0.1) is 12.2 Å². The number of aliphatic hydroxyl groups excluding tert-OH is 3. The fraction of sp³-hybridized carbons (Fsp3) is 0.429. The zero-order valence-electron chi connectivity index (χ0n) is 7.10. The van der Waals surface area contributed by atoms with Crippen molar-refractivity contribution in [3.05, 3.63) is 32.3 Å². The highest BCUT2D eigenvalue weighted by atomic mass is 16.4. The zero-order chi connectivity index (χ0) is 10.7. The molecule has 7 nitrogen and oxygen atoms in total. The summed E-state index contributed by atoms with van der Waals surface area (Å²) in [5, 5.41) is 30.8. The fourth-order valence-corrected chi connectivity index (χ4v) is 0.960. The molecular formula is C7H10N2O5. The van der Waals surface area contributed by atoms with Crippen LogP contribution in [0.1, 0.15) is 11.7 Å². The van der Waals surface area contributed by atoms with Crippen LogP contribution in [0.2, 0.25) is 0 Å². The minimum Gasteiger partial charge on any atom is -0.394 e. The first-order valence-electron chi connectivity index (χ1n) is 3.85. The molecule has 2 atom stereocenters. The standard InChI is InChI=1S/C7H10N2O5/c10-2-4(11)6(13)3-1-5(12)8-9-7(3)14/h1,4,6,10-11,13H,2H2,(H,8,12)(H,9,14). The van der Waals surface area contributed by atoms with Gasteiger partial charge in [0.1, 0.15) is 12.2 Å². The van der Waals surface area contributed by atoms with Crippen molar-refractivity contribution in [1.82, 2.24) is 10.2 Å². The van der Waals surface area contributed by atoms with Gasteiger partial charge in [-0.05, 0) is 0 Å². The van der Waals surface area contributed by atoms with Crippen molar-refractivity contribution in [3.63, 3.8) is 0 Å². The molecule has 5 N–H and O–H groups in total. The molecule has 1 aromatic heterocycles. The van der Waals surface area contributed by atoms with Crippen LogP contribution in [0.3, 0.4) is 0 Å². The third-order valence-electron chi connectivity index (χ3n) is 1.72. The molecule has 0 aliphatic rings. The van der Waals surface area contributed by atoms with Crippen LogP contribution in [0, 0.1) is 0 Å². The van der Waals surface area contributed by atoms with Gasteiger partial charge in [-0.15, -0.1) is 0 Å². The van der Waals surface area contributed by atoms with Crippen LogP contribution in [0.5, 0.6) is 0 Å². The van der Waals surface area contributed by atoms with Crippen molar-refractivity contribution in [3.8, 4) is 0 Å². The molecule has 2 unspecified atom stereocenters. The van der Waals surface area contributed by atoms with Crippen molar-refractivity contribution >= 4 is 0 Å². The highest BCUT2D eigenvalue weighted by molar-refractivity contribution is 5.11. The van der Waals surface area contributed by atoms with E-state index in [1.165, 1.54) is 0 Å². The van der Waals surface area contributed by atoms with Crippen LogP contribution in [0.15, 0.2) is 15.7 Å². The second-order valence-corrected chi connectivity index (χ2v) is 2.74. The Morgan fingerprint density at radius 2 is 1.93 bits per heavy atom. The van der Waals surface area contributed by atoms with E-state index in [4.69, 9.17) is 10.2 Å². The number of aliphatic hydroxyl groups is 3. The third kappa shape index (κ3) is 2.08. The van der Waals surface area contributed by atoms with Gasteiger partial charge in [-0.3, -0.25) is 19.8 Å². The summed E-state index contributed by atoms with van der Waals surface area (Å²) in [6.07, 6.45) is -3.07. The number of aromatic amines is 2. The molecular weight excluding hydrogens is 192 g/mol. The van der Waals surface area contributed by atoms with Crippen molar-refractivity contribution in [2.24, 2.45) is 0 Å². The third-order valence-corrected chi connectivity index (χ3v) is 1.72. The molecule has 0 aliphatic heterocycles. The van der Waals surface area contributed by atoms with E-state index in [2.05, 4.69) is 0 Å². The predicted octanol–water partition coefficient (Wildman–Crippen LogP) is -2.55. The monoisotopic (exact) mass is 202 g/mol. The van der Waals surface area contributed by atoms with E-state index < -0.39 is 29.9 Å². The largest absolute Gasteiger partial charge is 0.394 e. The summed E-state index contributed by atoms with van der Waals surface area (Å²) in [6.45, 7) is -0.701. The van der Waals surface area contributed by atoms with Gasteiger partial charge in [0.15, 0.2) is 0 Å². The van der Waals surface area contributed by atoms with Gasteiger partial charge in [0.25, 0.3) is 11.1 Å². The van der Waals surface area contributed by atoms with Crippen LogP contribution < -0.4 is 11.1 Å². The molecule has 0 aromatic carbocycles. The highest BCUT2D eigenvalue weighted by Crippen LogP contribution is 2.09. The molecule has 0 amide bonds. The molecule has 7 heteroatoms. The first-order chi connectivity index (χ1) is 6.56. The molecule has 14 heavy (non-hydrogen) atoms. The van der Waals surface area contributed by atoms with Crippen LogP contribution in [-0.4, -0.2) is 38.2 Å². The average molecular weight is 202 g/mol. The number of hydrogen-bond acceptors (Lipinski definition) is 5. The Hall–Kier alpha value is -1.44. The first-order valence-corrected chi connectivity index (χ1v) is 3.85. The lowest BCUT2D eigenvalue weighted by molar-refractivity contribution is -0.0160. The first kappa shape index (κ1) is 10.6. The van der Waals surface area contributed by atoms with Gasteiger partial charge in [0.2, 0.25) is 0 Å². The molecule has 1 rings (SSSR count). The smallest absolute Gasteiger partial charge is 0.268 e. The molecule has 0 saturated carbocycles. The second-order valence-electron chi connectivity index (χ2n) is 2.74. The Balaban J connectivity index is 3.12. The average Bonchev–Trinajstić information content (AvgIpc) is 2.19. The predicted molar refractivity (Wildman–Crippen MR) is 45.7 cm³/mol. The number of hydrogen-bond donors (Lipinski definition) is 5. The summed E-state index contributed by atoms with van der Waals surface area (Å²) in [5.74, 6) is 0. The molecule has 0 aliphatic carbocycles. The van der Waals surface area contributed by atoms with E-state index in [0.29, 0.717) is 0 Å². The summed E-state index contributed by atoms with van der Waals surface area (Å²) >= 11 is 0. The van der Waals surface area contributed by atoms with Gasteiger partial charge >= 0.3 is 0 Å². The minimum atomic E-state index is -1.58. The Kier molecular flexibility index (Phi) is 3.18. The fourth-order valence-electron chi connectivity index (χ4n) is 0.960.